The van der Waals surface area contributed by atoms with Crippen molar-refractivity contribution in [2.75, 3.05) is 6.61 Å². The SMILES string of the molecule is O=C(CO)OOC(=O)C1(O)CCCC1. The molecule has 0 aromatic heterocycles. The number of hydrogen-bond donors (Lipinski definition) is 2. The van der Waals surface area contributed by atoms with Gasteiger partial charge >= 0.3 is 11.9 Å². The summed E-state index contributed by atoms with van der Waals surface area (Å²) >= 11 is 0. The second kappa shape index (κ2) is 4.39. The summed E-state index contributed by atoms with van der Waals surface area (Å²) in [5.74, 6) is -2.04. The van der Waals surface area contributed by atoms with Crippen LogP contribution in [-0.4, -0.2) is 34.4 Å². The smallest absolute Gasteiger partial charge is 0.384 e. The van der Waals surface area contributed by atoms with Crippen LogP contribution in [0.3, 0.4) is 0 Å². The van der Waals surface area contributed by atoms with Crippen LogP contribution < -0.4 is 0 Å². The Labute approximate surface area is 80.4 Å². The molecule has 1 aliphatic rings. The fourth-order valence-electron chi connectivity index (χ4n) is 1.35. The number of carbonyl (C=O) groups is 2. The van der Waals surface area contributed by atoms with E-state index in [0.29, 0.717) is 12.8 Å². The molecule has 1 rings (SSSR count). The van der Waals surface area contributed by atoms with Crippen molar-refractivity contribution in [2.45, 2.75) is 31.3 Å². The molecule has 80 valence electrons. The Kier molecular flexibility index (Phi) is 3.43. The van der Waals surface area contributed by atoms with E-state index in [1.807, 2.05) is 0 Å². The van der Waals surface area contributed by atoms with Crippen molar-refractivity contribution in [3.05, 3.63) is 0 Å². The summed E-state index contributed by atoms with van der Waals surface area (Å²) in [7, 11) is 0. The summed E-state index contributed by atoms with van der Waals surface area (Å²) in [6, 6.07) is 0. The minimum Gasteiger partial charge on any atom is -0.384 e. The van der Waals surface area contributed by atoms with Crippen LogP contribution in [-0.2, 0) is 19.4 Å². The van der Waals surface area contributed by atoms with Crippen LogP contribution in [0, 0.1) is 0 Å². The third-order valence-electron chi connectivity index (χ3n) is 2.15. The first-order chi connectivity index (χ1) is 6.58. The van der Waals surface area contributed by atoms with E-state index in [2.05, 4.69) is 9.78 Å². The van der Waals surface area contributed by atoms with Crippen LogP contribution in [0.15, 0.2) is 0 Å². The van der Waals surface area contributed by atoms with Gasteiger partial charge in [0.2, 0.25) is 0 Å². The van der Waals surface area contributed by atoms with Gasteiger partial charge in [0.1, 0.15) is 6.61 Å². The van der Waals surface area contributed by atoms with E-state index in [4.69, 9.17) is 5.11 Å². The zero-order valence-corrected chi connectivity index (χ0v) is 7.56. The van der Waals surface area contributed by atoms with Crippen LogP contribution in [0.1, 0.15) is 25.7 Å². The number of carbonyl (C=O) groups excluding carboxylic acids is 2. The first-order valence-corrected chi connectivity index (χ1v) is 4.33. The molecule has 0 heterocycles. The third-order valence-corrected chi connectivity index (χ3v) is 2.15. The van der Waals surface area contributed by atoms with Crippen LogP contribution in [0.4, 0.5) is 0 Å². The minimum absolute atomic E-state index is 0.308. The summed E-state index contributed by atoms with van der Waals surface area (Å²) in [6.07, 6.45) is 2.09. The highest BCUT2D eigenvalue weighted by Gasteiger charge is 2.41. The predicted octanol–water partition coefficient (Wildman–Crippen LogP) is -0.715. The average Bonchev–Trinajstić information content (AvgIpc) is 2.62. The van der Waals surface area contributed by atoms with Gasteiger partial charge in [0.25, 0.3) is 0 Å². The molecule has 0 aromatic carbocycles. The average molecular weight is 204 g/mol. The van der Waals surface area contributed by atoms with E-state index in [1.54, 1.807) is 0 Å². The largest absolute Gasteiger partial charge is 0.386 e. The molecule has 0 saturated heterocycles. The van der Waals surface area contributed by atoms with Crippen molar-refractivity contribution in [3.63, 3.8) is 0 Å². The van der Waals surface area contributed by atoms with Gasteiger partial charge in [0.05, 0.1) is 0 Å². The van der Waals surface area contributed by atoms with Crippen LogP contribution in [0.25, 0.3) is 0 Å². The highest BCUT2D eigenvalue weighted by molar-refractivity contribution is 5.80. The van der Waals surface area contributed by atoms with Crippen molar-refractivity contribution < 1.29 is 29.6 Å². The fourth-order valence-corrected chi connectivity index (χ4v) is 1.35. The molecular formula is C8H12O6. The van der Waals surface area contributed by atoms with Gasteiger partial charge in [-0.15, -0.1) is 0 Å². The molecule has 0 unspecified atom stereocenters. The molecule has 1 aliphatic carbocycles. The Morgan fingerprint density at radius 2 is 1.79 bits per heavy atom. The molecular weight excluding hydrogens is 192 g/mol. The predicted molar refractivity (Wildman–Crippen MR) is 42.7 cm³/mol. The van der Waals surface area contributed by atoms with E-state index in [-0.39, 0.29) is 0 Å². The van der Waals surface area contributed by atoms with Gasteiger partial charge in [0, 0.05) is 0 Å². The second-order valence-electron chi connectivity index (χ2n) is 3.22. The summed E-state index contributed by atoms with van der Waals surface area (Å²) in [4.78, 5) is 29.6. The van der Waals surface area contributed by atoms with E-state index in [1.165, 1.54) is 0 Å². The Morgan fingerprint density at radius 1 is 1.21 bits per heavy atom. The van der Waals surface area contributed by atoms with Gasteiger partial charge < -0.3 is 10.2 Å². The molecule has 0 aliphatic heterocycles. The topological polar surface area (TPSA) is 93.1 Å². The molecule has 0 atom stereocenters. The van der Waals surface area contributed by atoms with Crippen LogP contribution in [0.5, 0.6) is 0 Å². The van der Waals surface area contributed by atoms with Gasteiger partial charge in [-0.2, -0.15) is 0 Å². The first kappa shape index (κ1) is 10.9. The molecule has 1 saturated carbocycles. The molecule has 6 nitrogen and oxygen atoms in total. The normalized spacial score (nSPS) is 19.0. The maximum absolute atomic E-state index is 11.2. The van der Waals surface area contributed by atoms with Gasteiger partial charge in [0.15, 0.2) is 5.60 Å². The van der Waals surface area contributed by atoms with E-state index in [9.17, 15) is 14.7 Å². The lowest BCUT2D eigenvalue weighted by molar-refractivity contribution is -0.271. The lowest BCUT2D eigenvalue weighted by Gasteiger charge is -2.17. The summed E-state index contributed by atoms with van der Waals surface area (Å²) in [6.45, 7) is -0.869. The number of rotatable bonds is 2. The van der Waals surface area contributed by atoms with Crippen molar-refractivity contribution in [1.29, 1.82) is 0 Å². The van der Waals surface area contributed by atoms with Crippen molar-refractivity contribution in [2.24, 2.45) is 0 Å². The summed E-state index contributed by atoms with van der Waals surface area (Å²) in [5, 5.41) is 17.9. The summed E-state index contributed by atoms with van der Waals surface area (Å²) < 4.78 is 0. The molecule has 2 N–H and O–H groups in total. The monoisotopic (exact) mass is 204 g/mol. The molecule has 0 amide bonds. The van der Waals surface area contributed by atoms with Crippen molar-refractivity contribution >= 4 is 11.9 Å². The Bertz CT molecular complexity index is 230. The van der Waals surface area contributed by atoms with Gasteiger partial charge in [-0.25, -0.2) is 19.4 Å². The van der Waals surface area contributed by atoms with Crippen molar-refractivity contribution in [1.82, 2.24) is 0 Å². The van der Waals surface area contributed by atoms with Crippen LogP contribution >= 0.6 is 0 Å². The third kappa shape index (κ3) is 2.43. The Morgan fingerprint density at radius 3 is 2.29 bits per heavy atom. The lowest BCUT2D eigenvalue weighted by Crippen LogP contribution is -2.37. The molecule has 0 aromatic rings. The Balaban J connectivity index is 2.38. The zero-order chi connectivity index (χ0) is 10.6. The highest BCUT2D eigenvalue weighted by atomic mass is 17.2. The fraction of sp³-hybridized carbons (Fsp3) is 0.750. The molecule has 1 fully saturated rings. The second-order valence-corrected chi connectivity index (χ2v) is 3.22. The van der Waals surface area contributed by atoms with Crippen molar-refractivity contribution in [3.8, 4) is 0 Å². The van der Waals surface area contributed by atoms with E-state index < -0.39 is 24.1 Å². The Hall–Kier alpha value is -1.14. The minimum atomic E-state index is -1.53. The number of aliphatic hydroxyl groups is 2. The molecule has 0 bridgehead atoms. The maximum atomic E-state index is 11.2. The van der Waals surface area contributed by atoms with Gasteiger partial charge in [-0.3, -0.25) is 0 Å². The highest BCUT2D eigenvalue weighted by Crippen LogP contribution is 2.30. The molecule has 14 heavy (non-hydrogen) atoms. The molecule has 6 heteroatoms. The van der Waals surface area contributed by atoms with Gasteiger partial charge in [-0.1, -0.05) is 0 Å². The molecule has 0 spiro atoms. The quantitative estimate of drug-likeness (QED) is 0.455. The standard InChI is InChI=1S/C8H12O6/c9-5-6(10)13-14-7(11)8(12)3-1-2-4-8/h9,12H,1-5H2. The zero-order valence-electron chi connectivity index (χ0n) is 7.56. The number of hydrogen-bond acceptors (Lipinski definition) is 6. The number of aliphatic hydroxyl groups excluding tert-OH is 1. The summed E-state index contributed by atoms with van der Waals surface area (Å²) in [5.41, 5.74) is -1.53. The lowest BCUT2D eigenvalue weighted by atomic mass is 10.0. The van der Waals surface area contributed by atoms with E-state index >= 15 is 0 Å². The maximum Gasteiger partial charge on any atom is 0.386 e. The molecule has 0 radical (unpaired) electrons. The van der Waals surface area contributed by atoms with E-state index in [0.717, 1.165) is 12.8 Å². The van der Waals surface area contributed by atoms with Gasteiger partial charge in [-0.05, 0) is 25.7 Å². The van der Waals surface area contributed by atoms with Crippen LogP contribution in [0.2, 0.25) is 0 Å². The first-order valence-electron chi connectivity index (χ1n) is 4.33.